The third-order valence-electron chi connectivity index (χ3n) is 3.82. The fraction of sp³-hybridized carbons (Fsp3) is 0.222. The monoisotopic (exact) mass is 400 g/mol. The fourth-order valence-electron chi connectivity index (χ4n) is 2.72. The molecule has 0 atom stereocenters. The molecular formula is C18H16N4OS3. The van der Waals surface area contributed by atoms with Crippen molar-refractivity contribution in [1.82, 2.24) is 19.9 Å². The molecule has 1 saturated heterocycles. The molecule has 0 saturated carbocycles. The third-order valence-corrected chi connectivity index (χ3v) is 5.91. The van der Waals surface area contributed by atoms with E-state index in [4.69, 9.17) is 22.3 Å². The van der Waals surface area contributed by atoms with Crippen LogP contribution in [-0.2, 0) is 11.2 Å². The molecule has 26 heavy (non-hydrogen) atoms. The Morgan fingerprint density at radius 2 is 2.08 bits per heavy atom. The Hall–Kier alpha value is -2.03. The molecule has 0 aliphatic carbocycles. The molecule has 4 rings (SSSR count). The standard InChI is InChI=1S/C18H16N4OS3/c1-10(2)8-14-21-22-12(9-13-16(23)20-18(24)25-13)15(19-17(22)26-14)11-6-4-3-5-7-11/h3-7,9-10H,8H2,1-2H3,(H,20,23,24). The topological polar surface area (TPSA) is 59.3 Å². The van der Waals surface area contributed by atoms with Gasteiger partial charge in [0.05, 0.1) is 16.3 Å². The summed E-state index contributed by atoms with van der Waals surface area (Å²) in [5.74, 6) is 0.349. The summed E-state index contributed by atoms with van der Waals surface area (Å²) in [6.45, 7) is 4.34. The zero-order valence-electron chi connectivity index (χ0n) is 14.2. The number of nitrogens with zero attached hydrogens (tertiary/aromatic N) is 3. The van der Waals surface area contributed by atoms with E-state index in [1.807, 2.05) is 40.9 Å². The zero-order chi connectivity index (χ0) is 18.3. The number of amides is 1. The van der Waals surface area contributed by atoms with Gasteiger partial charge in [-0.3, -0.25) is 4.79 Å². The van der Waals surface area contributed by atoms with Crippen molar-refractivity contribution in [3.63, 3.8) is 0 Å². The molecular weight excluding hydrogens is 384 g/mol. The van der Waals surface area contributed by atoms with E-state index in [1.54, 1.807) is 11.3 Å². The highest BCUT2D eigenvalue weighted by molar-refractivity contribution is 8.26. The van der Waals surface area contributed by atoms with E-state index < -0.39 is 0 Å². The van der Waals surface area contributed by atoms with Gasteiger partial charge in [-0.1, -0.05) is 79.5 Å². The molecule has 1 fully saturated rings. The van der Waals surface area contributed by atoms with Gasteiger partial charge in [-0.05, 0) is 12.0 Å². The highest BCUT2D eigenvalue weighted by atomic mass is 32.2. The van der Waals surface area contributed by atoms with Gasteiger partial charge in [0.2, 0.25) is 4.96 Å². The number of hydrogen-bond donors (Lipinski definition) is 1. The molecule has 0 spiro atoms. The average Bonchev–Trinajstić information content (AvgIpc) is 3.22. The number of fused-ring (bicyclic) bond motifs is 1. The van der Waals surface area contributed by atoms with Crippen LogP contribution in [0.5, 0.6) is 0 Å². The van der Waals surface area contributed by atoms with Crippen molar-refractivity contribution in [3.05, 3.63) is 45.9 Å². The number of benzene rings is 1. The fourth-order valence-corrected chi connectivity index (χ4v) is 4.85. The number of aromatic nitrogens is 3. The molecule has 1 amide bonds. The molecule has 1 aliphatic heterocycles. The molecule has 2 aromatic heterocycles. The molecule has 3 heterocycles. The normalized spacial score (nSPS) is 16.2. The van der Waals surface area contributed by atoms with Crippen LogP contribution in [0.15, 0.2) is 35.2 Å². The highest BCUT2D eigenvalue weighted by Crippen LogP contribution is 2.32. The van der Waals surface area contributed by atoms with Gasteiger partial charge >= 0.3 is 0 Å². The maximum atomic E-state index is 12.1. The Morgan fingerprint density at radius 1 is 1.31 bits per heavy atom. The van der Waals surface area contributed by atoms with Crippen LogP contribution in [0.2, 0.25) is 0 Å². The third kappa shape index (κ3) is 3.32. The number of rotatable bonds is 4. The molecule has 1 aliphatic rings. The minimum absolute atomic E-state index is 0.174. The number of carbonyl (C=O) groups is 1. The van der Waals surface area contributed by atoms with E-state index in [0.29, 0.717) is 15.1 Å². The molecule has 0 unspecified atom stereocenters. The minimum atomic E-state index is -0.174. The molecule has 8 heteroatoms. The summed E-state index contributed by atoms with van der Waals surface area (Å²) >= 11 is 7.96. The number of imidazole rings is 1. The first-order chi connectivity index (χ1) is 12.5. The smallest absolute Gasteiger partial charge is 0.263 e. The Bertz CT molecular complexity index is 1030. The van der Waals surface area contributed by atoms with Gasteiger partial charge in [0.25, 0.3) is 5.91 Å². The van der Waals surface area contributed by atoms with Gasteiger partial charge in [-0.2, -0.15) is 5.10 Å². The Kier molecular flexibility index (Phi) is 4.64. The summed E-state index contributed by atoms with van der Waals surface area (Å²) in [6.07, 6.45) is 2.74. The summed E-state index contributed by atoms with van der Waals surface area (Å²) in [4.78, 5) is 18.3. The van der Waals surface area contributed by atoms with Gasteiger partial charge in [0.1, 0.15) is 9.33 Å². The van der Waals surface area contributed by atoms with Gasteiger partial charge in [0, 0.05) is 12.0 Å². The second-order valence-corrected chi connectivity index (χ2v) is 9.11. The summed E-state index contributed by atoms with van der Waals surface area (Å²) in [5, 5.41) is 8.44. The molecule has 1 N–H and O–H groups in total. The first-order valence-corrected chi connectivity index (χ1v) is 10.2. The largest absolute Gasteiger partial charge is 0.307 e. The second kappa shape index (κ2) is 6.94. The lowest BCUT2D eigenvalue weighted by Crippen LogP contribution is -2.17. The predicted molar refractivity (Wildman–Crippen MR) is 111 cm³/mol. The van der Waals surface area contributed by atoms with E-state index in [2.05, 4.69) is 19.2 Å². The minimum Gasteiger partial charge on any atom is -0.307 e. The van der Waals surface area contributed by atoms with Crippen LogP contribution in [-0.4, -0.2) is 24.8 Å². The van der Waals surface area contributed by atoms with E-state index in [0.717, 1.165) is 33.3 Å². The van der Waals surface area contributed by atoms with Crippen molar-refractivity contribution in [2.24, 2.45) is 5.92 Å². The number of nitrogens with one attached hydrogen (secondary N) is 1. The van der Waals surface area contributed by atoms with Crippen molar-refractivity contribution < 1.29 is 4.79 Å². The van der Waals surface area contributed by atoms with Crippen LogP contribution in [0.3, 0.4) is 0 Å². The Balaban J connectivity index is 1.88. The zero-order valence-corrected chi connectivity index (χ0v) is 16.7. The van der Waals surface area contributed by atoms with Crippen LogP contribution < -0.4 is 5.32 Å². The highest BCUT2D eigenvalue weighted by Gasteiger charge is 2.25. The summed E-state index contributed by atoms with van der Waals surface area (Å²) in [7, 11) is 0. The number of thioether (sulfide) groups is 1. The Labute approximate surface area is 164 Å². The lowest BCUT2D eigenvalue weighted by molar-refractivity contribution is -0.115. The van der Waals surface area contributed by atoms with Gasteiger partial charge in [-0.25, -0.2) is 9.50 Å². The first-order valence-electron chi connectivity index (χ1n) is 8.20. The molecule has 0 radical (unpaired) electrons. The molecule has 5 nitrogen and oxygen atoms in total. The van der Waals surface area contributed by atoms with Gasteiger partial charge in [-0.15, -0.1) is 0 Å². The lowest BCUT2D eigenvalue weighted by atomic mass is 10.1. The summed E-state index contributed by atoms with van der Waals surface area (Å²) in [5.41, 5.74) is 2.62. The van der Waals surface area contributed by atoms with Crippen molar-refractivity contribution in [3.8, 4) is 11.3 Å². The van der Waals surface area contributed by atoms with Gasteiger partial charge < -0.3 is 5.32 Å². The maximum Gasteiger partial charge on any atom is 0.263 e. The summed E-state index contributed by atoms with van der Waals surface area (Å²) in [6, 6.07) is 9.94. The number of hydrogen-bond acceptors (Lipinski definition) is 6. The molecule has 1 aromatic carbocycles. The quantitative estimate of drug-likeness (QED) is 0.527. The predicted octanol–water partition coefficient (Wildman–Crippen LogP) is 4.15. The number of thiocarbonyl (C=S) groups is 1. The van der Waals surface area contributed by atoms with Crippen molar-refractivity contribution in [2.75, 3.05) is 0 Å². The van der Waals surface area contributed by atoms with Crippen LogP contribution in [0.25, 0.3) is 22.3 Å². The SMILES string of the molecule is CC(C)Cc1nn2c(C=C3SC(=S)NC3=O)c(-c3ccccc3)nc2s1. The van der Waals surface area contributed by atoms with E-state index in [9.17, 15) is 4.79 Å². The van der Waals surface area contributed by atoms with E-state index >= 15 is 0 Å². The lowest BCUT2D eigenvalue weighted by Gasteiger charge is -2.01. The maximum absolute atomic E-state index is 12.1. The first kappa shape index (κ1) is 17.4. The Morgan fingerprint density at radius 3 is 2.73 bits per heavy atom. The second-order valence-electron chi connectivity index (χ2n) is 6.35. The van der Waals surface area contributed by atoms with Crippen LogP contribution in [0.4, 0.5) is 0 Å². The van der Waals surface area contributed by atoms with Crippen molar-refractivity contribution >= 4 is 56.6 Å². The number of carbonyl (C=O) groups excluding carboxylic acids is 1. The van der Waals surface area contributed by atoms with Crippen molar-refractivity contribution in [1.29, 1.82) is 0 Å². The van der Waals surface area contributed by atoms with Crippen LogP contribution >= 0.6 is 35.3 Å². The molecule has 3 aromatic rings. The van der Waals surface area contributed by atoms with Crippen molar-refractivity contribution in [2.45, 2.75) is 20.3 Å². The van der Waals surface area contributed by atoms with E-state index in [-0.39, 0.29) is 5.91 Å². The molecule has 0 bridgehead atoms. The molecule has 132 valence electrons. The summed E-state index contributed by atoms with van der Waals surface area (Å²) < 4.78 is 2.31. The van der Waals surface area contributed by atoms with Gasteiger partial charge in [0.15, 0.2) is 0 Å². The average molecular weight is 401 g/mol. The van der Waals surface area contributed by atoms with Crippen LogP contribution in [0, 0.1) is 5.92 Å². The van der Waals surface area contributed by atoms with Crippen LogP contribution in [0.1, 0.15) is 24.5 Å². The van der Waals surface area contributed by atoms with E-state index in [1.165, 1.54) is 11.8 Å².